The van der Waals surface area contributed by atoms with Crippen LogP contribution in [-0.4, -0.2) is 16.7 Å². The number of benzene rings is 1. The largest absolute Gasteiger partial charge is 0.497 e. The lowest BCUT2D eigenvalue weighted by molar-refractivity contribution is 0.411. The molecule has 0 N–H and O–H groups in total. The van der Waals surface area contributed by atoms with Crippen LogP contribution in [0.5, 0.6) is 5.75 Å². The summed E-state index contributed by atoms with van der Waals surface area (Å²) in [6.45, 7) is 5.43. The van der Waals surface area contributed by atoms with E-state index in [0.29, 0.717) is 11.8 Å². The molecule has 1 heterocycles. The molecule has 2 rings (SSSR count). The summed E-state index contributed by atoms with van der Waals surface area (Å²) in [6, 6.07) is 5.98. The zero-order valence-electron chi connectivity index (χ0n) is 11.8. The van der Waals surface area contributed by atoms with Gasteiger partial charge in [-0.2, -0.15) is 0 Å². The highest BCUT2D eigenvalue weighted by atomic mass is 35.5. The number of fused-ring (bicyclic) bond motifs is 1. The maximum Gasteiger partial charge on any atom is 0.124 e. The molecule has 1 aromatic carbocycles. The molecule has 0 radical (unpaired) electrons. The molecule has 2 aromatic rings. The number of methoxy groups -OCH3 is 1. The first-order valence-corrected chi connectivity index (χ1v) is 7.36. The van der Waals surface area contributed by atoms with Crippen LogP contribution in [-0.2, 0) is 12.4 Å². The third-order valence-corrected chi connectivity index (χ3v) is 3.99. The summed E-state index contributed by atoms with van der Waals surface area (Å²) >= 11 is 6.03. The highest BCUT2D eigenvalue weighted by molar-refractivity contribution is 6.16. The molecule has 0 aliphatic carbocycles. The second-order valence-corrected chi connectivity index (χ2v) is 5.08. The van der Waals surface area contributed by atoms with Gasteiger partial charge in [0.2, 0.25) is 0 Å². The van der Waals surface area contributed by atoms with Crippen LogP contribution in [0.2, 0.25) is 0 Å². The molecule has 3 nitrogen and oxygen atoms in total. The summed E-state index contributed by atoms with van der Waals surface area (Å²) < 4.78 is 7.54. The highest BCUT2D eigenvalue weighted by Gasteiger charge is 2.14. The van der Waals surface area contributed by atoms with Crippen molar-refractivity contribution < 1.29 is 4.74 Å². The molecule has 4 heteroatoms. The number of aromatic nitrogens is 2. The molecule has 0 aliphatic rings. The fourth-order valence-electron chi connectivity index (χ4n) is 2.39. The number of alkyl halides is 1. The van der Waals surface area contributed by atoms with Crippen LogP contribution in [0.25, 0.3) is 11.0 Å². The van der Waals surface area contributed by atoms with Crippen LogP contribution >= 0.6 is 11.6 Å². The number of rotatable bonds is 6. The average molecular weight is 281 g/mol. The van der Waals surface area contributed by atoms with Gasteiger partial charge in [-0.15, -0.1) is 11.6 Å². The van der Waals surface area contributed by atoms with E-state index in [0.717, 1.165) is 29.2 Å². The van der Waals surface area contributed by atoms with E-state index in [1.54, 1.807) is 7.11 Å². The molecule has 0 saturated carbocycles. The minimum atomic E-state index is 0.442. The molecule has 0 amide bonds. The van der Waals surface area contributed by atoms with Gasteiger partial charge in [0.05, 0.1) is 24.0 Å². The molecule has 0 unspecified atom stereocenters. The van der Waals surface area contributed by atoms with Gasteiger partial charge >= 0.3 is 0 Å². The van der Waals surface area contributed by atoms with Gasteiger partial charge in [-0.3, -0.25) is 0 Å². The molecule has 104 valence electrons. The average Bonchev–Trinajstić information content (AvgIpc) is 2.81. The summed E-state index contributed by atoms with van der Waals surface area (Å²) in [5.41, 5.74) is 2.10. The second kappa shape index (κ2) is 6.29. The van der Waals surface area contributed by atoms with Crippen molar-refractivity contribution in [2.45, 2.75) is 39.1 Å². The highest BCUT2D eigenvalue weighted by Crippen LogP contribution is 2.25. The van der Waals surface area contributed by atoms with E-state index in [-0.39, 0.29) is 0 Å². The zero-order chi connectivity index (χ0) is 13.8. The first kappa shape index (κ1) is 14.2. The van der Waals surface area contributed by atoms with Crippen molar-refractivity contribution >= 4 is 22.6 Å². The van der Waals surface area contributed by atoms with E-state index in [1.807, 2.05) is 18.2 Å². The fourth-order valence-corrected chi connectivity index (χ4v) is 2.59. The second-order valence-electron chi connectivity index (χ2n) is 4.81. The van der Waals surface area contributed by atoms with Gasteiger partial charge in [-0.25, -0.2) is 4.98 Å². The first-order valence-electron chi connectivity index (χ1n) is 6.82. The SMILES string of the molecule is CCC(CC)Cn1c(CCl)nc2ccc(OC)cc21. The lowest BCUT2D eigenvalue weighted by Crippen LogP contribution is -2.11. The Morgan fingerprint density at radius 1 is 1.32 bits per heavy atom. The van der Waals surface area contributed by atoms with Gasteiger partial charge < -0.3 is 9.30 Å². The van der Waals surface area contributed by atoms with Crippen molar-refractivity contribution in [3.63, 3.8) is 0 Å². The summed E-state index contributed by atoms with van der Waals surface area (Å²) in [5.74, 6) is 2.90. The van der Waals surface area contributed by atoms with Crippen molar-refractivity contribution in [2.75, 3.05) is 7.11 Å². The van der Waals surface area contributed by atoms with Crippen LogP contribution in [0, 0.1) is 5.92 Å². The molecule has 0 aliphatic heterocycles. The summed E-state index contributed by atoms with van der Waals surface area (Å²) in [5, 5.41) is 0. The van der Waals surface area contributed by atoms with Gasteiger partial charge in [-0.1, -0.05) is 26.7 Å². The Morgan fingerprint density at radius 3 is 2.63 bits per heavy atom. The van der Waals surface area contributed by atoms with E-state index in [2.05, 4.69) is 23.4 Å². The minimum absolute atomic E-state index is 0.442. The lowest BCUT2D eigenvalue weighted by Gasteiger charge is -2.15. The van der Waals surface area contributed by atoms with Crippen LogP contribution < -0.4 is 4.74 Å². The van der Waals surface area contributed by atoms with Crippen molar-refractivity contribution in [1.82, 2.24) is 9.55 Å². The van der Waals surface area contributed by atoms with Crippen molar-refractivity contribution in [3.05, 3.63) is 24.0 Å². The van der Waals surface area contributed by atoms with Crippen molar-refractivity contribution in [2.24, 2.45) is 5.92 Å². The number of ether oxygens (including phenoxy) is 1. The van der Waals surface area contributed by atoms with Crippen LogP contribution in [0.15, 0.2) is 18.2 Å². The molecule has 0 spiro atoms. The Bertz CT molecular complexity index is 546. The monoisotopic (exact) mass is 280 g/mol. The predicted octanol–water partition coefficient (Wildman–Crippen LogP) is 4.22. The Kier molecular flexibility index (Phi) is 4.70. The summed E-state index contributed by atoms with van der Waals surface area (Å²) in [6.07, 6.45) is 2.34. The number of imidazole rings is 1. The summed E-state index contributed by atoms with van der Waals surface area (Å²) in [4.78, 5) is 4.60. The normalized spacial score (nSPS) is 11.4. The third kappa shape index (κ3) is 2.86. The van der Waals surface area contributed by atoms with Crippen molar-refractivity contribution in [1.29, 1.82) is 0 Å². The smallest absolute Gasteiger partial charge is 0.124 e. The van der Waals surface area contributed by atoms with Gasteiger partial charge in [0.15, 0.2) is 0 Å². The molecular formula is C15H21ClN2O. The Morgan fingerprint density at radius 2 is 2.05 bits per heavy atom. The van der Waals surface area contributed by atoms with E-state index in [1.165, 1.54) is 12.8 Å². The van der Waals surface area contributed by atoms with E-state index < -0.39 is 0 Å². The fraction of sp³-hybridized carbons (Fsp3) is 0.533. The first-order chi connectivity index (χ1) is 9.23. The molecule has 0 fully saturated rings. The Hall–Kier alpha value is -1.22. The molecular weight excluding hydrogens is 260 g/mol. The van der Waals surface area contributed by atoms with Gasteiger partial charge in [0.1, 0.15) is 11.6 Å². The zero-order valence-corrected chi connectivity index (χ0v) is 12.6. The number of halogens is 1. The summed E-state index contributed by atoms with van der Waals surface area (Å²) in [7, 11) is 1.69. The molecule has 0 bridgehead atoms. The number of hydrogen-bond donors (Lipinski definition) is 0. The lowest BCUT2D eigenvalue weighted by atomic mass is 10.0. The molecule has 1 aromatic heterocycles. The van der Waals surface area contributed by atoms with E-state index in [9.17, 15) is 0 Å². The predicted molar refractivity (Wildman–Crippen MR) is 79.9 cm³/mol. The van der Waals surface area contributed by atoms with Crippen molar-refractivity contribution in [3.8, 4) is 5.75 Å². The quantitative estimate of drug-likeness (QED) is 0.741. The van der Waals surface area contributed by atoms with E-state index in [4.69, 9.17) is 16.3 Å². The maximum atomic E-state index is 6.03. The standard InChI is InChI=1S/C15H21ClN2O/c1-4-11(5-2)10-18-14-8-12(19-3)6-7-13(14)17-15(18)9-16/h6-8,11H,4-5,9-10H2,1-3H3. The topological polar surface area (TPSA) is 27.1 Å². The van der Waals surface area contributed by atoms with Gasteiger partial charge in [0, 0.05) is 12.6 Å². The van der Waals surface area contributed by atoms with E-state index >= 15 is 0 Å². The molecule has 0 atom stereocenters. The van der Waals surface area contributed by atoms with Crippen LogP contribution in [0.3, 0.4) is 0 Å². The minimum Gasteiger partial charge on any atom is -0.497 e. The number of nitrogens with zero attached hydrogens (tertiary/aromatic N) is 2. The maximum absolute atomic E-state index is 6.03. The van der Waals surface area contributed by atoms with Gasteiger partial charge in [-0.05, 0) is 18.1 Å². The van der Waals surface area contributed by atoms with Crippen LogP contribution in [0.4, 0.5) is 0 Å². The Labute approximate surface area is 119 Å². The Balaban J connectivity index is 2.48. The third-order valence-electron chi connectivity index (χ3n) is 3.75. The molecule has 19 heavy (non-hydrogen) atoms. The molecule has 0 saturated heterocycles. The number of hydrogen-bond acceptors (Lipinski definition) is 2. The van der Waals surface area contributed by atoms with Gasteiger partial charge in [0.25, 0.3) is 0 Å². The van der Waals surface area contributed by atoms with Crippen LogP contribution in [0.1, 0.15) is 32.5 Å².